The molecule has 0 fully saturated rings. The molecule has 21 heavy (non-hydrogen) atoms. The maximum Gasteiger partial charge on any atom is 0.244 e. The summed E-state index contributed by atoms with van der Waals surface area (Å²) in [7, 11) is 1.93. The zero-order chi connectivity index (χ0) is 15.5. The molecule has 1 N–H and O–H groups in total. The number of aromatic nitrogens is 1. The minimum atomic E-state index is -3.42. The molecule has 1 aromatic heterocycles. The average molecular weight is 313 g/mol. The molecule has 0 unspecified atom stereocenters. The van der Waals surface area contributed by atoms with Gasteiger partial charge in [-0.15, -0.1) is 0 Å². The topological polar surface area (TPSA) is 63.6 Å². The summed E-state index contributed by atoms with van der Waals surface area (Å²) < 4.78 is 33.8. The predicted molar refractivity (Wildman–Crippen MR) is 81.5 cm³/mol. The van der Waals surface area contributed by atoms with Gasteiger partial charge in [-0.25, -0.2) is 8.42 Å². The Labute approximate surface area is 126 Å². The van der Waals surface area contributed by atoms with Gasteiger partial charge in [-0.05, 0) is 25.1 Å². The molecule has 2 heterocycles. The second kappa shape index (κ2) is 6.74. The van der Waals surface area contributed by atoms with Crippen LogP contribution < -0.4 is 5.32 Å². The summed E-state index contributed by atoms with van der Waals surface area (Å²) in [4.78, 5) is 0.360. The van der Waals surface area contributed by atoms with Crippen molar-refractivity contribution in [2.75, 3.05) is 33.9 Å². The van der Waals surface area contributed by atoms with Crippen molar-refractivity contribution >= 4 is 10.0 Å². The van der Waals surface area contributed by atoms with Crippen LogP contribution in [0.2, 0.25) is 0 Å². The molecule has 7 heteroatoms. The number of aryl methyl sites for hydroxylation is 1. The third-order valence-corrected chi connectivity index (χ3v) is 5.50. The largest absolute Gasteiger partial charge is 0.380 e. The second-order valence-electron chi connectivity index (χ2n) is 5.22. The molecule has 1 aliphatic rings. The third kappa shape index (κ3) is 3.55. The molecule has 0 saturated carbocycles. The maximum atomic E-state index is 12.7. The van der Waals surface area contributed by atoms with E-state index < -0.39 is 10.0 Å². The fourth-order valence-corrected chi connectivity index (χ4v) is 3.93. The molecule has 0 aliphatic carbocycles. The van der Waals surface area contributed by atoms with Crippen molar-refractivity contribution in [1.29, 1.82) is 0 Å². The zero-order valence-corrected chi connectivity index (χ0v) is 13.6. The third-order valence-electron chi connectivity index (χ3n) is 3.67. The first kappa shape index (κ1) is 16.2. The van der Waals surface area contributed by atoms with E-state index in [1.54, 1.807) is 19.4 Å². The van der Waals surface area contributed by atoms with Crippen LogP contribution >= 0.6 is 0 Å². The van der Waals surface area contributed by atoms with E-state index in [2.05, 4.69) is 5.32 Å². The van der Waals surface area contributed by atoms with E-state index in [-0.39, 0.29) is 0 Å². The smallest absolute Gasteiger partial charge is 0.244 e. The highest BCUT2D eigenvalue weighted by molar-refractivity contribution is 7.89. The Balaban J connectivity index is 2.17. The normalized spacial score (nSPS) is 17.0. The van der Waals surface area contributed by atoms with Crippen molar-refractivity contribution in [2.45, 2.75) is 17.9 Å². The van der Waals surface area contributed by atoms with E-state index in [1.807, 2.05) is 24.7 Å². The van der Waals surface area contributed by atoms with Crippen molar-refractivity contribution in [3.05, 3.63) is 29.6 Å². The number of ether oxygens (including phenoxy) is 1. The number of nitrogens with one attached hydrogen (secondary N) is 1. The Kier molecular flexibility index (Phi) is 5.21. The molecular weight excluding hydrogens is 290 g/mol. The molecule has 0 atom stereocenters. The minimum absolute atomic E-state index is 0.360. The molecule has 118 valence electrons. The van der Waals surface area contributed by atoms with Gasteiger partial charge < -0.3 is 14.6 Å². The first-order chi connectivity index (χ1) is 9.98. The van der Waals surface area contributed by atoms with Crippen LogP contribution in [0, 0.1) is 0 Å². The molecule has 0 spiro atoms. The van der Waals surface area contributed by atoms with Crippen LogP contribution in [0.3, 0.4) is 0 Å². The summed E-state index contributed by atoms with van der Waals surface area (Å²) in [5.41, 5.74) is 2.11. The Morgan fingerprint density at radius 2 is 2.19 bits per heavy atom. The zero-order valence-electron chi connectivity index (χ0n) is 12.8. The lowest BCUT2D eigenvalue weighted by Gasteiger charge is -2.25. The molecule has 0 radical (unpaired) electrons. The molecule has 0 amide bonds. The van der Waals surface area contributed by atoms with Crippen molar-refractivity contribution in [2.24, 2.45) is 7.05 Å². The molecular formula is C14H23N3O3S. The lowest BCUT2D eigenvalue weighted by Crippen LogP contribution is -2.35. The summed E-state index contributed by atoms with van der Waals surface area (Å²) in [5, 5.41) is 3.04. The van der Waals surface area contributed by atoms with E-state index >= 15 is 0 Å². The SMILES string of the molecule is CNCc1cc(S(=O)(=O)N2CC=C(COC)CC2)cn1C. The summed E-state index contributed by atoms with van der Waals surface area (Å²) in [6, 6.07) is 1.74. The van der Waals surface area contributed by atoms with Crippen LogP contribution in [-0.2, 0) is 28.4 Å². The standard InChI is InChI=1S/C14H23N3O3S/c1-15-9-13-8-14(10-16(13)2)21(18,19)17-6-4-12(5-7-17)11-20-3/h4,8,10,15H,5-7,9,11H2,1-3H3. The van der Waals surface area contributed by atoms with Crippen LogP contribution in [-0.4, -0.2) is 51.1 Å². The first-order valence-corrected chi connectivity index (χ1v) is 8.40. The highest BCUT2D eigenvalue weighted by Gasteiger charge is 2.27. The summed E-state index contributed by atoms with van der Waals surface area (Å²) >= 11 is 0. The van der Waals surface area contributed by atoms with Crippen LogP contribution in [0.1, 0.15) is 12.1 Å². The second-order valence-corrected chi connectivity index (χ2v) is 7.15. The van der Waals surface area contributed by atoms with E-state index in [4.69, 9.17) is 4.74 Å². The fourth-order valence-electron chi connectivity index (χ4n) is 2.45. The molecule has 2 rings (SSSR count). The number of nitrogens with zero attached hydrogens (tertiary/aromatic N) is 2. The van der Waals surface area contributed by atoms with Gasteiger partial charge in [0.25, 0.3) is 0 Å². The van der Waals surface area contributed by atoms with Crippen molar-refractivity contribution in [3.63, 3.8) is 0 Å². The highest BCUT2D eigenvalue weighted by atomic mass is 32.2. The van der Waals surface area contributed by atoms with Gasteiger partial charge in [0.2, 0.25) is 10.0 Å². The van der Waals surface area contributed by atoms with Gasteiger partial charge in [-0.2, -0.15) is 4.31 Å². The molecule has 1 aliphatic heterocycles. The van der Waals surface area contributed by atoms with Gasteiger partial charge in [-0.3, -0.25) is 0 Å². The van der Waals surface area contributed by atoms with E-state index in [9.17, 15) is 8.42 Å². The maximum absolute atomic E-state index is 12.7. The Bertz CT molecular complexity index is 619. The quantitative estimate of drug-likeness (QED) is 0.786. The van der Waals surface area contributed by atoms with Gasteiger partial charge in [0.05, 0.1) is 6.61 Å². The number of sulfonamides is 1. The number of methoxy groups -OCH3 is 1. The van der Waals surface area contributed by atoms with E-state index in [0.29, 0.717) is 31.1 Å². The molecule has 6 nitrogen and oxygen atoms in total. The van der Waals surface area contributed by atoms with Crippen molar-refractivity contribution < 1.29 is 13.2 Å². The molecule has 1 aromatic rings. The monoisotopic (exact) mass is 313 g/mol. The Hall–Kier alpha value is -1.15. The lowest BCUT2D eigenvalue weighted by molar-refractivity contribution is 0.219. The summed E-state index contributed by atoms with van der Waals surface area (Å²) in [5.74, 6) is 0. The summed E-state index contributed by atoms with van der Waals surface area (Å²) in [6.45, 7) is 2.14. The van der Waals surface area contributed by atoms with Gasteiger partial charge in [0.1, 0.15) is 4.90 Å². The van der Waals surface area contributed by atoms with Gasteiger partial charge in [-0.1, -0.05) is 6.08 Å². The minimum Gasteiger partial charge on any atom is -0.380 e. The van der Waals surface area contributed by atoms with Crippen LogP contribution in [0.5, 0.6) is 0 Å². The average Bonchev–Trinajstić information content (AvgIpc) is 2.82. The Morgan fingerprint density at radius 1 is 1.43 bits per heavy atom. The lowest BCUT2D eigenvalue weighted by atomic mass is 10.1. The Morgan fingerprint density at radius 3 is 2.76 bits per heavy atom. The molecule has 0 saturated heterocycles. The fraction of sp³-hybridized carbons (Fsp3) is 0.571. The molecule has 0 bridgehead atoms. The van der Waals surface area contributed by atoms with E-state index in [1.165, 1.54) is 4.31 Å². The summed E-state index contributed by atoms with van der Waals surface area (Å²) in [6.07, 6.45) is 4.35. The van der Waals surface area contributed by atoms with Crippen molar-refractivity contribution in [3.8, 4) is 0 Å². The van der Waals surface area contributed by atoms with Gasteiger partial charge >= 0.3 is 0 Å². The van der Waals surface area contributed by atoms with Crippen molar-refractivity contribution in [1.82, 2.24) is 14.2 Å². The number of rotatable bonds is 6. The van der Waals surface area contributed by atoms with Crippen LogP contribution in [0.4, 0.5) is 0 Å². The number of hydrogen-bond acceptors (Lipinski definition) is 4. The van der Waals surface area contributed by atoms with Gasteiger partial charge in [0, 0.05) is 45.7 Å². The molecule has 0 aromatic carbocycles. The van der Waals surface area contributed by atoms with Crippen LogP contribution in [0.25, 0.3) is 0 Å². The van der Waals surface area contributed by atoms with Crippen LogP contribution in [0.15, 0.2) is 28.8 Å². The number of hydrogen-bond donors (Lipinski definition) is 1. The predicted octanol–water partition coefficient (Wildman–Crippen LogP) is 0.712. The van der Waals surface area contributed by atoms with E-state index in [0.717, 1.165) is 17.7 Å². The highest BCUT2D eigenvalue weighted by Crippen LogP contribution is 2.22. The first-order valence-electron chi connectivity index (χ1n) is 6.96. The van der Waals surface area contributed by atoms with Gasteiger partial charge in [0.15, 0.2) is 0 Å².